The molecule has 0 radical (unpaired) electrons. The summed E-state index contributed by atoms with van der Waals surface area (Å²) in [6.45, 7) is 1.83. The second kappa shape index (κ2) is 7.35. The van der Waals surface area contributed by atoms with Crippen molar-refractivity contribution in [3.8, 4) is 0 Å². The first-order valence-corrected chi connectivity index (χ1v) is 7.19. The molecule has 0 atom stereocenters. The molecular formula is C18H18N2O3. The Kier molecular flexibility index (Phi) is 5.25. The Balaban J connectivity index is 1.96. The van der Waals surface area contributed by atoms with Crippen LogP contribution in [0.25, 0.3) is 0 Å². The molecule has 118 valence electrons. The molecule has 0 saturated carbocycles. The van der Waals surface area contributed by atoms with Crippen molar-refractivity contribution in [2.45, 2.75) is 13.5 Å². The Labute approximate surface area is 134 Å². The maximum absolute atomic E-state index is 12.1. The maximum Gasteiger partial charge on any atom is 0.313 e. The van der Waals surface area contributed by atoms with Crippen molar-refractivity contribution in [1.29, 1.82) is 0 Å². The summed E-state index contributed by atoms with van der Waals surface area (Å²) in [5.41, 5.74) is 1.97. The van der Waals surface area contributed by atoms with Gasteiger partial charge in [0.2, 0.25) is 0 Å². The van der Waals surface area contributed by atoms with E-state index in [4.69, 9.17) is 0 Å². The SMILES string of the molecule is CC(=O)c1ccc(NC(=O)C(=O)N(C)Cc2ccccc2)cc1. The molecule has 0 unspecified atom stereocenters. The van der Waals surface area contributed by atoms with Crippen molar-refractivity contribution in [1.82, 2.24) is 4.90 Å². The number of Topliss-reactive ketones (excluding diaryl/α,β-unsaturated/α-hetero) is 1. The Morgan fingerprint density at radius 2 is 1.57 bits per heavy atom. The summed E-state index contributed by atoms with van der Waals surface area (Å²) >= 11 is 0. The molecule has 0 aromatic heterocycles. The Bertz CT molecular complexity index is 709. The van der Waals surface area contributed by atoms with Crippen LogP contribution >= 0.6 is 0 Å². The molecule has 5 heteroatoms. The van der Waals surface area contributed by atoms with E-state index in [1.165, 1.54) is 11.8 Å². The molecule has 0 fully saturated rings. The third kappa shape index (κ3) is 4.51. The van der Waals surface area contributed by atoms with Crippen molar-refractivity contribution in [2.75, 3.05) is 12.4 Å². The molecular weight excluding hydrogens is 292 g/mol. The number of hydrogen-bond acceptors (Lipinski definition) is 3. The van der Waals surface area contributed by atoms with Crippen LogP contribution in [0.15, 0.2) is 54.6 Å². The van der Waals surface area contributed by atoms with Gasteiger partial charge in [0.25, 0.3) is 0 Å². The first-order chi connectivity index (χ1) is 11.0. The zero-order valence-corrected chi connectivity index (χ0v) is 13.1. The molecule has 0 spiro atoms. The highest BCUT2D eigenvalue weighted by atomic mass is 16.2. The molecule has 0 bridgehead atoms. The summed E-state index contributed by atoms with van der Waals surface area (Å²) in [7, 11) is 1.58. The van der Waals surface area contributed by atoms with Gasteiger partial charge in [-0.05, 0) is 36.8 Å². The lowest BCUT2D eigenvalue weighted by Crippen LogP contribution is -2.36. The first-order valence-electron chi connectivity index (χ1n) is 7.19. The Morgan fingerprint density at radius 3 is 2.13 bits per heavy atom. The van der Waals surface area contributed by atoms with Crippen LogP contribution in [0.4, 0.5) is 5.69 Å². The van der Waals surface area contributed by atoms with E-state index in [1.54, 1.807) is 31.3 Å². The van der Waals surface area contributed by atoms with Gasteiger partial charge in [-0.1, -0.05) is 30.3 Å². The number of benzene rings is 2. The standard InChI is InChI=1S/C18H18N2O3/c1-13(21)15-8-10-16(11-9-15)19-17(22)18(23)20(2)12-14-6-4-3-5-7-14/h3-11H,12H2,1-2H3,(H,19,22). The van der Waals surface area contributed by atoms with Crippen LogP contribution in [0.5, 0.6) is 0 Å². The van der Waals surface area contributed by atoms with Gasteiger partial charge in [0.1, 0.15) is 0 Å². The summed E-state index contributed by atoms with van der Waals surface area (Å²) in [6.07, 6.45) is 0. The molecule has 0 aliphatic rings. The minimum Gasteiger partial charge on any atom is -0.333 e. The predicted octanol–water partition coefficient (Wildman–Crippen LogP) is 2.49. The molecule has 2 amide bonds. The second-order valence-corrected chi connectivity index (χ2v) is 5.23. The van der Waals surface area contributed by atoms with E-state index in [2.05, 4.69) is 5.32 Å². The number of nitrogens with one attached hydrogen (secondary N) is 1. The number of anilines is 1. The van der Waals surface area contributed by atoms with Gasteiger partial charge < -0.3 is 10.2 Å². The van der Waals surface area contributed by atoms with Crippen LogP contribution < -0.4 is 5.32 Å². The van der Waals surface area contributed by atoms with Crippen molar-refractivity contribution in [3.05, 3.63) is 65.7 Å². The van der Waals surface area contributed by atoms with Crippen LogP contribution in [0, 0.1) is 0 Å². The average molecular weight is 310 g/mol. The summed E-state index contributed by atoms with van der Waals surface area (Å²) in [5, 5.41) is 2.53. The van der Waals surface area contributed by atoms with E-state index >= 15 is 0 Å². The highest BCUT2D eigenvalue weighted by Gasteiger charge is 2.18. The lowest BCUT2D eigenvalue weighted by molar-refractivity contribution is -0.142. The van der Waals surface area contributed by atoms with Gasteiger partial charge in [-0.15, -0.1) is 0 Å². The lowest BCUT2D eigenvalue weighted by atomic mass is 10.1. The number of ketones is 1. The quantitative estimate of drug-likeness (QED) is 0.697. The van der Waals surface area contributed by atoms with Crippen molar-refractivity contribution < 1.29 is 14.4 Å². The molecule has 5 nitrogen and oxygen atoms in total. The zero-order chi connectivity index (χ0) is 16.8. The highest BCUT2D eigenvalue weighted by Crippen LogP contribution is 2.10. The zero-order valence-electron chi connectivity index (χ0n) is 13.1. The number of carbonyl (C=O) groups excluding carboxylic acids is 3. The average Bonchev–Trinajstić information content (AvgIpc) is 2.55. The number of nitrogens with zero attached hydrogens (tertiary/aromatic N) is 1. The summed E-state index contributed by atoms with van der Waals surface area (Å²) in [5.74, 6) is -1.38. The molecule has 2 rings (SSSR count). The van der Waals surface area contributed by atoms with Crippen molar-refractivity contribution in [3.63, 3.8) is 0 Å². The molecule has 0 saturated heterocycles. The van der Waals surface area contributed by atoms with E-state index in [1.807, 2.05) is 30.3 Å². The first kappa shape index (κ1) is 16.4. The molecule has 0 aliphatic heterocycles. The number of carbonyl (C=O) groups is 3. The molecule has 2 aromatic carbocycles. The predicted molar refractivity (Wildman–Crippen MR) is 88.0 cm³/mol. The smallest absolute Gasteiger partial charge is 0.313 e. The van der Waals surface area contributed by atoms with Crippen molar-refractivity contribution in [2.24, 2.45) is 0 Å². The third-order valence-electron chi connectivity index (χ3n) is 3.35. The van der Waals surface area contributed by atoms with Gasteiger partial charge in [-0.25, -0.2) is 0 Å². The number of rotatable bonds is 4. The monoisotopic (exact) mass is 310 g/mol. The second-order valence-electron chi connectivity index (χ2n) is 5.23. The normalized spacial score (nSPS) is 10.0. The van der Waals surface area contributed by atoms with Crippen LogP contribution in [-0.2, 0) is 16.1 Å². The van der Waals surface area contributed by atoms with Gasteiger partial charge in [0.05, 0.1) is 0 Å². The fourth-order valence-corrected chi connectivity index (χ4v) is 2.08. The van der Waals surface area contributed by atoms with Gasteiger partial charge in [0, 0.05) is 24.8 Å². The van der Waals surface area contributed by atoms with E-state index in [0.29, 0.717) is 17.8 Å². The summed E-state index contributed by atoms with van der Waals surface area (Å²) in [6, 6.07) is 15.8. The Hall–Kier alpha value is -2.95. The molecule has 1 N–H and O–H groups in total. The molecule has 23 heavy (non-hydrogen) atoms. The maximum atomic E-state index is 12.1. The van der Waals surface area contributed by atoms with E-state index in [0.717, 1.165) is 5.56 Å². The van der Waals surface area contributed by atoms with Gasteiger partial charge in [0.15, 0.2) is 5.78 Å². The minimum atomic E-state index is -0.709. The number of hydrogen-bond donors (Lipinski definition) is 1. The van der Waals surface area contributed by atoms with E-state index < -0.39 is 11.8 Å². The molecule has 0 heterocycles. The number of amides is 2. The van der Waals surface area contributed by atoms with Crippen LogP contribution in [0.1, 0.15) is 22.8 Å². The van der Waals surface area contributed by atoms with Crippen molar-refractivity contribution >= 4 is 23.3 Å². The Morgan fingerprint density at radius 1 is 0.957 bits per heavy atom. The summed E-state index contributed by atoms with van der Waals surface area (Å²) in [4.78, 5) is 36.6. The highest BCUT2D eigenvalue weighted by molar-refractivity contribution is 6.39. The van der Waals surface area contributed by atoms with Crippen LogP contribution in [0.2, 0.25) is 0 Å². The fourth-order valence-electron chi connectivity index (χ4n) is 2.08. The number of likely N-dealkylation sites (N-methyl/N-ethyl adjacent to an activating group) is 1. The fraction of sp³-hybridized carbons (Fsp3) is 0.167. The van der Waals surface area contributed by atoms with E-state index in [9.17, 15) is 14.4 Å². The largest absolute Gasteiger partial charge is 0.333 e. The van der Waals surface area contributed by atoms with Gasteiger partial charge in [-0.2, -0.15) is 0 Å². The van der Waals surface area contributed by atoms with Gasteiger partial charge >= 0.3 is 11.8 Å². The summed E-state index contributed by atoms with van der Waals surface area (Å²) < 4.78 is 0. The molecule has 2 aromatic rings. The van der Waals surface area contributed by atoms with Crippen LogP contribution in [0.3, 0.4) is 0 Å². The third-order valence-corrected chi connectivity index (χ3v) is 3.35. The molecule has 0 aliphatic carbocycles. The topological polar surface area (TPSA) is 66.5 Å². The van der Waals surface area contributed by atoms with Crippen LogP contribution in [-0.4, -0.2) is 29.5 Å². The minimum absolute atomic E-state index is 0.0541. The van der Waals surface area contributed by atoms with Gasteiger partial charge in [-0.3, -0.25) is 14.4 Å². The van der Waals surface area contributed by atoms with E-state index in [-0.39, 0.29) is 5.78 Å². The lowest BCUT2D eigenvalue weighted by Gasteiger charge is -2.16.